The van der Waals surface area contributed by atoms with Crippen LogP contribution in [-0.4, -0.2) is 52.7 Å². The van der Waals surface area contributed by atoms with Crippen LogP contribution in [0.5, 0.6) is 5.75 Å². The molecule has 1 aromatic carbocycles. The number of benzene rings is 1. The first-order valence-corrected chi connectivity index (χ1v) is 9.84. The molecule has 0 saturated heterocycles. The van der Waals surface area contributed by atoms with E-state index in [1.54, 1.807) is 19.9 Å². The number of aromatic hydroxyl groups is 1. The van der Waals surface area contributed by atoms with E-state index in [0.29, 0.717) is 35.1 Å². The highest BCUT2D eigenvalue weighted by molar-refractivity contribution is 5.98. The summed E-state index contributed by atoms with van der Waals surface area (Å²) in [5.74, 6) is -0.358. The average Bonchev–Trinajstić information content (AvgIpc) is 2.71. The highest BCUT2D eigenvalue weighted by Gasteiger charge is 2.25. The fourth-order valence-electron chi connectivity index (χ4n) is 3.77. The van der Waals surface area contributed by atoms with Gasteiger partial charge in [-0.2, -0.15) is 0 Å². The number of phenols is 1. The number of aryl methyl sites for hydroxylation is 3. The van der Waals surface area contributed by atoms with E-state index in [4.69, 9.17) is 5.73 Å². The van der Waals surface area contributed by atoms with E-state index in [0.717, 1.165) is 24.0 Å². The Balaban J connectivity index is 1.74. The first kappa shape index (κ1) is 21.5. The van der Waals surface area contributed by atoms with Crippen LogP contribution < -0.4 is 16.4 Å². The van der Waals surface area contributed by atoms with Crippen molar-refractivity contribution in [1.29, 1.82) is 0 Å². The Morgan fingerprint density at radius 2 is 2.00 bits per heavy atom. The molecule has 2 atom stereocenters. The van der Waals surface area contributed by atoms with Crippen molar-refractivity contribution >= 4 is 17.8 Å². The first-order valence-electron chi connectivity index (χ1n) is 9.84. The molecule has 0 spiro atoms. The Morgan fingerprint density at radius 1 is 1.30 bits per heavy atom. The summed E-state index contributed by atoms with van der Waals surface area (Å²) in [6.07, 6.45) is 2.41. The molecule has 0 aliphatic heterocycles. The van der Waals surface area contributed by atoms with Gasteiger partial charge in [-0.25, -0.2) is 14.8 Å². The molecule has 3 rings (SSSR count). The van der Waals surface area contributed by atoms with Gasteiger partial charge in [0, 0.05) is 12.6 Å². The van der Waals surface area contributed by atoms with Crippen molar-refractivity contribution in [3.63, 3.8) is 0 Å². The molecule has 1 aliphatic rings. The second-order valence-electron chi connectivity index (χ2n) is 7.38. The third-order valence-corrected chi connectivity index (χ3v) is 5.32. The lowest BCUT2D eigenvalue weighted by Crippen LogP contribution is -2.46. The zero-order chi connectivity index (χ0) is 21.8. The van der Waals surface area contributed by atoms with Crippen molar-refractivity contribution in [2.75, 3.05) is 19.0 Å². The second-order valence-corrected chi connectivity index (χ2v) is 7.38. The van der Waals surface area contributed by atoms with Gasteiger partial charge < -0.3 is 26.2 Å². The topological polar surface area (TPSA) is 139 Å². The monoisotopic (exact) mass is 413 g/mol. The number of esters is 1. The number of carbonyl (C=O) groups excluding carboxylic acids is 2. The Bertz CT molecular complexity index is 939. The molecule has 2 unspecified atom stereocenters. The number of rotatable bonds is 6. The van der Waals surface area contributed by atoms with Crippen molar-refractivity contribution in [1.82, 2.24) is 15.3 Å². The van der Waals surface area contributed by atoms with Crippen LogP contribution in [0.4, 0.5) is 5.95 Å². The molecule has 1 heterocycles. The summed E-state index contributed by atoms with van der Waals surface area (Å²) in [5.41, 5.74) is 8.93. The number of amides is 1. The number of nitrogens with two attached hydrogens (primary N) is 1. The average molecular weight is 413 g/mol. The smallest absolute Gasteiger partial charge is 0.329 e. The Labute approximate surface area is 175 Å². The number of carbonyl (C=O) groups is 2. The minimum atomic E-state index is -0.936. The molecule has 9 nitrogen and oxygen atoms in total. The molecule has 0 bridgehead atoms. The molecule has 2 aromatic rings. The number of ether oxygens (including phenoxy) is 1. The summed E-state index contributed by atoms with van der Waals surface area (Å²) >= 11 is 0. The van der Waals surface area contributed by atoms with Crippen molar-refractivity contribution in [3.8, 4) is 5.75 Å². The van der Waals surface area contributed by atoms with E-state index in [1.807, 2.05) is 12.1 Å². The summed E-state index contributed by atoms with van der Waals surface area (Å²) in [6.45, 7) is 3.35. The molecule has 1 aromatic heterocycles. The van der Waals surface area contributed by atoms with Gasteiger partial charge in [-0.15, -0.1) is 0 Å². The fourth-order valence-corrected chi connectivity index (χ4v) is 3.77. The molecule has 160 valence electrons. The van der Waals surface area contributed by atoms with Crippen LogP contribution in [0.3, 0.4) is 0 Å². The zero-order valence-corrected chi connectivity index (χ0v) is 17.4. The molecular formula is C21H27N5O4. The number of anilines is 1. The molecule has 0 radical (unpaired) electrons. The lowest BCUT2D eigenvalue weighted by molar-refractivity contribution is -0.142. The summed E-state index contributed by atoms with van der Waals surface area (Å²) < 4.78 is 4.64. The number of nitrogens with one attached hydrogen (secondary N) is 2. The summed E-state index contributed by atoms with van der Waals surface area (Å²) in [6, 6.07) is 4.73. The molecule has 9 heteroatoms. The minimum absolute atomic E-state index is 0.0743. The van der Waals surface area contributed by atoms with Gasteiger partial charge in [0.15, 0.2) is 0 Å². The Morgan fingerprint density at radius 3 is 2.63 bits per heavy atom. The predicted molar refractivity (Wildman–Crippen MR) is 111 cm³/mol. The molecule has 1 amide bonds. The van der Waals surface area contributed by atoms with Crippen LogP contribution in [0.25, 0.3) is 0 Å². The van der Waals surface area contributed by atoms with E-state index in [-0.39, 0.29) is 12.6 Å². The van der Waals surface area contributed by atoms with Gasteiger partial charge in [0.25, 0.3) is 5.91 Å². The first-order chi connectivity index (χ1) is 14.3. The maximum atomic E-state index is 12.6. The second kappa shape index (κ2) is 9.08. The third kappa shape index (κ3) is 4.51. The minimum Gasteiger partial charge on any atom is -0.508 e. The molecular weight excluding hydrogens is 386 g/mol. The SMILES string of the molecule is COC(=O)C(CN)NC(=O)c1c(C)nc(NC2CCc3cccc(O)c3C2)nc1C. The number of hydrogen-bond acceptors (Lipinski definition) is 8. The van der Waals surface area contributed by atoms with Crippen molar-refractivity contribution in [3.05, 3.63) is 46.3 Å². The van der Waals surface area contributed by atoms with E-state index in [9.17, 15) is 14.7 Å². The molecule has 1 aliphatic carbocycles. The standard InChI is InChI=1S/C21H27N5O4/c1-11-18(19(28)26-16(10-22)20(29)30-3)12(2)24-21(23-11)25-14-8-7-13-5-4-6-17(27)15(13)9-14/h4-6,14,16,27H,7-10,22H2,1-3H3,(H,26,28)(H,23,24,25). The number of nitrogens with zero attached hydrogens (tertiary/aromatic N) is 2. The molecule has 0 saturated carbocycles. The molecule has 0 fully saturated rings. The summed E-state index contributed by atoms with van der Waals surface area (Å²) in [5, 5.41) is 16.0. The van der Waals surface area contributed by atoms with E-state index < -0.39 is 17.9 Å². The third-order valence-electron chi connectivity index (χ3n) is 5.32. The van der Waals surface area contributed by atoms with E-state index in [2.05, 4.69) is 25.3 Å². The van der Waals surface area contributed by atoms with E-state index in [1.165, 1.54) is 7.11 Å². The Kier molecular flexibility index (Phi) is 6.51. The van der Waals surface area contributed by atoms with Crippen LogP contribution >= 0.6 is 0 Å². The van der Waals surface area contributed by atoms with Gasteiger partial charge >= 0.3 is 5.97 Å². The van der Waals surface area contributed by atoms with Crippen molar-refractivity contribution < 1.29 is 19.4 Å². The highest BCUT2D eigenvalue weighted by Crippen LogP contribution is 2.29. The predicted octanol–water partition coefficient (Wildman–Crippen LogP) is 0.999. The van der Waals surface area contributed by atoms with Crippen molar-refractivity contribution in [2.24, 2.45) is 5.73 Å². The van der Waals surface area contributed by atoms with Crippen LogP contribution in [0.1, 0.15) is 39.3 Å². The van der Waals surface area contributed by atoms with Crippen LogP contribution in [0, 0.1) is 13.8 Å². The summed E-state index contributed by atoms with van der Waals surface area (Å²) in [4.78, 5) is 33.2. The Hall–Kier alpha value is -3.20. The number of aromatic nitrogens is 2. The van der Waals surface area contributed by atoms with Gasteiger partial charge in [-0.05, 0) is 50.3 Å². The largest absolute Gasteiger partial charge is 0.508 e. The van der Waals surface area contributed by atoms with Gasteiger partial charge in [0.1, 0.15) is 11.8 Å². The lowest BCUT2D eigenvalue weighted by Gasteiger charge is -2.26. The lowest BCUT2D eigenvalue weighted by atomic mass is 9.88. The highest BCUT2D eigenvalue weighted by atomic mass is 16.5. The van der Waals surface area contributed by atoms with Crippen molar-refractivity contribution in [2.45, 2.75) is 45.2 Å². The van der Waals surface area contributed by atoms with Gasteiger partial charge in [0.2, 0.25) is 5.95 Å². The van der Waals surface area contributed by atoms with E-state index >= 15 is 0 Å². The zero-order valence-electron chi connectivity index (χ0n) is 17.4. The van der Waals surface area contributed by atoms with Gasteiger partial charge in [-0.1, -0.05) is 12.1 Å². The van der Waals surface area contributed by atoms with Crippen LogP contribution in [-0.2, 0) is 22.4 Å². The fraction of sp³-hybridized carbons (Fsp3) is 0.429. The molecule has 5 N–H and O–H groups in total. The number of fused-ring (bicyclic) bond motifs is 1. The normalized spacial score (nSPS) is 16.3. The van der Waals surface area contributed by atoms with Gasteiger partial charge in [0.05, 0.1) is 24.1 Å². The van der Waals surface area contributed by atoms with Crippen LogP contribution in [0.2, 0.25) is 0 Å². The number of methoxy groups -OCH3 is 1. The maximum absolute atomic E-state index is 12.6. The maximum Gasteiger partial charge on any atom is 0.329 e. The van der Waals surface area contributed by atoms with Crippen LogP contribution in [0.15, 0.2) is 18.2 Å². The quantitative estimate of drug-likeness (QED) is 0.514. The van der Waals surface area contributed by atoms with Gasteiger partial charge in [-0.3, -0.25) is 4.79 Å². The number of hydrogen-bond donors (Lipinski definition) is 4. The summed E-state index contributed by atoms with van der Waals surface area (Å²) in [7, 11) is 1.24. The molecule has 30 heavy (non-hydrogen) atoms. The number of phenolic OH excluding ortho intramolecular Hbond substituents is 1.